The van der Waals surface area contributed by atoms with E-state index in [4.69, 9.17) is 10.6 Å². The van der Waals surface area contributed by atoms with E-state index in [0.717, 1.165) is 30.0 Å². The Labute approximate surface area is 192 Å². The molecule has 1 heterocycles. The largest absolute Gasteiger partial charge is 0.489 e. The van der Waals surface area contributed by atoms with Crippen molar-refractivity contribution >= 4 is 23.4 Å². The average molecular weight is 452 g/mol. The number of hydrogen-bond donors (Lipinski definition) is 2. The van der Waals surface area contributed by atoms with E-state index in [1.165, 1.54) is 31.0 Å². The maximum Gasteiger partial charge on any atom is 0.237 e. The highest BCUT2D eigenvalue weighted by Gasteiger charge is 2.24. The summed E-state index contributed by atoms with van der Waals surface area (Å²) in [5.41, 5.74) is 1.82. The van der Waals surface area contributed by atoms with Crippen molar-refractivity contribution in [2.45, 2.75) is 62.0 Å². The fourth-order valence-corrected chi connectivity index (χ4v) is 4.62. The van der Waals surface area contributed by atoms with Crippen LogP contribution in [-0.4, -0.2) is 26.0 Å². The molecule has 1 amide bonds. The van der Waals surface area contributed by atoms with Crippen LogP contribution in [0.2, 0.25) is 0 Å². The highest BCUT2D eigenvalue weighted by molar-refractivity contribution is 8.00. The number of anilines is 1. The molecule has 1 saturated carbocycles. The third-order valence-corrected chi connectivity index (χ3v) is 6.74. The number of nitrogens with zero attached hydrogens (tertiary/aromatic N) is 3. The van der Waals surface area contributed by atoms with Crippen LogP contribution in [0.4, 0.5) is 5.69 Å². The molecule has 1 aromatic heterocycles. The van der Waals surface area contributed by atoms with Crippen LogP contribution in [0, 0.1) is 0 Å². The number of rotatable bonds is 8. The van der Waals surface area contributed by atoms with Crippen LogP contribution in [0.5, 0.6) is 5.75 Å². The van der Waals surface area contributed by atoms with Gasteiger partial charge >= 0.3 is 0 Å². The number of aromatic nitrogens is 3. The van der Waals surface area contributed by atoms with Crippen molar-refractivity contribution in [1.82, 2.24) is 14.9 Å². The SMILES string of the molecule is C[C@@H](Sc1nnc(C2CCCCC2)n1N)C(=O)Nc1ccc(OCc2ccccc2)cc1. The van der Waals surface area contributed by atoms with Gasteiger partial charge in [-0.15, -0.1) is 10.2 Å². The van der Waals surface area contributed by atoms with Crippen LogP contribution in [-0.2, 0) is 11.4 Å². The molecule has 0 unspecified atom stereocenters. The number of amides is 1. The van der Waals surface area contributed by atoms with E-state index in [9.17, 15) is 4.79 Å². The summed E-state index contributed by atoms with van der Waals surface area (Å²) in [6, 6.07) is 17.4. The van der Waals surface area contributed by atoms with Crippen LogP contribution >= 0.6 is 11.8 Å². The summed E-state index contributed by atoms with van der Waals surface area (Å²) in [5, 5.41) is 11.7. The van der Waals surface area contributed by atoms with Gasteiger partial charge in [-0.2, -0.15) is 0 Å². The first-order valence-electron chi connectivity index (χ1n) is 11.0. The summed E-state index contributed by atoms with van der Waals surface area (Å²) >= 11 is 1.32. The first kappa shape index (κ1) is 22.2. The minimum absolute atomic E-state index is 0.116. The number of nitrogens with two attached hydrogens (primary N) is 1. The van der Waals surface area contributed by atoms with Crippen LogP contribution in [0.25, 0.3) is 0 Å². The second-order valence-corrected chi connectivity index (χ2v) is 9.40. The van der Waals surface area contributed by atoms with Crippen molar-refractivity contribution in [3.8, 4) is 5.75 Å². The second-order valence-electron chi connectivity index (χ2n) is 8.09. The van der Waals surface area contributed by atoms with Crippen LogP contribution in [0.3, 0.4) is 0 Å². The summed E-state index contributed by atoms with van der Waals surface area (Å²) in [6.45, 7) is 2.34. The molecule has 4 rings (SSSR count). The van der Waals surface area contributed by atoms with E-state index < -0.39 is 0 Å². The molecule has 1 fully saturated rings. The normalized spacial score (nSPS) is 15.3. The Bertz CT molecular complexity index is 1020. The summed E-state index contributed by atoms with van der Waals surface area (Å²) in [7, 11) is 0. The minimum Gasteiger partial charge on any atom is -0.489 e. The van der Waals surface area contributed by atoms with Gasteiger partial charge in [-0.25, -0.2) is 4.68 Å². The lowest BCUT2D eigenvalue weighted by molar-refractivity contribution is -0.115. The van der Waals surface area contributed by atoms with Gasteiger partial charge < -0.3 is 15.9 Å². The molecular formula is C24H29N5O2S. The Hall–Kier alpha value is -3.00. The van der Waals surface area contributed by atoms with E-state index >= 15 is 0 Å². The predicted octanol–water partition coefficient (Wildman–Crippen LogP) is 4.74. The molecule has 168 valence electrons. The van der Waals surface area contributed by atoms with Gasteiger partial charge in [0.15, 0.2) is 5.82 Å². The molecule has 0 radical (unpaired) electrons. The Morgan fingerprint density at radius 1 is 1.12 bits per heavy atom. The number of hydrogen-bond acceptors (Lipinski definition) is 6. The lowest BCUT2D eigenvalue weighted by Crippen LogP contribution is -2.24. The second kappa shape index (κ2) is 10.5. The molecule has 32 heavy (non-hydrogen) atoms. The van der Waals surface area contributed by atoms with Gasteiger partial charge in [-0.05, 0) is 49.6 Å². The van der Waals surface area contributed by atoms with Crippen molar-refractivity contribution in [1.29, 1.82) is 0 Å². The lowest BCUT2D eigenvalue weighted by Gasteiger charge is -2.20. The molecule has 3 N–H and O–H groups in total. The molecule has 0 saturated heterocycles. The van der Waals surface area contributed by atoms with Gasteiger partial charge in [-0.1, -0.05) is 61.4 Å². The summed E-state index contributed by atoms with van der Waals surface area (Å²) in [6.07, 6.45) is 5.88. The standard InChI is InChI=1S/C24H29N5O2S/c1-17(32-24-28-27-22(29(24)25)19-10-6-3-7-11-19)23(30)26-20-12-14-21(15-13-20)31-16-18-8-4-2-5-9-18/h2,4-5,8-9,12-15,17,19H,3,6-7,10-11,16,25H2,1H3,(H,26,30)/t17-/m1/s1. The topological polar surface area (TPSA) is 95.1 Å². The molecule has 1 aliphatic rings. The van der Waals surface area contributed by atoms with E-state index in [1.807, 2.05) is 61.5 Å². The first-order valence-corrected chi connectivity index (χ1v) is 11.9. The fourth-order valence-electron chi connectivity index (χ4n) is 3.84. The van der Waals surface area contributed by atoms with Crippen LogP contribution in [0.1, 0.15) is 56.3 Å². The fraction of sp³-hybridized carbons (Fsp3) is 0.375. The zero-order valence-electron chi connectivity index (χ0n) is 18.2. The number of nitrogens with one attached hydrogen (secondary N) is 1. The third kappa shape index (κ3) is 5.62. The molecule has 2 aromatic carbocycles. The molecule has 0 aliphatic heterocycles. The van der Waals surface area contributed by atoms with Gasteiger partial charge in [0.05, 0.1) is 5.25 Å². The van der Waals surface area contributed by atoms with E-state index in [2.05, 4.69) is 15.5 Å². The Balaban J connectivity index is 1.29. The molecule has 7 nitrogen and oxygen atoms in total. The Kier molecular flexibility index (Phi) is 7.32. The molecule has 1 atom stereocenters. The summed E-state index contributed by atoms with van der Waals surface area (Å²) in [5.74, 6) is 8.07. The van der Waals surface area contributed by atoms with Crippen molar-refractivity contribution in [2.75, 3.05) is 11.2 Å². The Morgan fingerprint density at radius 3 is 2.56 bits per heavy atom. The van der Waals surface area contributed by atoms with Crippen LogP contribution in [0.15, 0.2) is 59.8 Å². The third-order valence-electron chi connectivity index (χ3n) is 5.68. The van der Waals surface area contributed by atoms with Crippen LogP contribution < -0.4 is 15.9 Å². The molecule has 8 heteroatoms. The molecule has 0 spiro atoms. The lowest BCUT2D eigenvalue weighted by atomic mass is 9.89. The molecule has 3 aromatic rings. The smallest absolute Gasteiger partial charge is 0.237 e. The number of thioether (sulfide) groups is 1. The summed E-state index contributed by atoms with van der Waals surface area (Å²) < 4.78 is 7.35. The number of nitrogen functional groups attached to an aromatic ring is 1. The number of carbonyl (C=O) groups is 1. The highest BCUT2D eigenvalue weighted by atomic mass is 32.2. The van der Waals surface area contributed by atoms with Gasteiger partial charge in [0.1, 0.15) is 12.4 Å². The van der Waals surface area contributed by atoms with Gasteiger partial charge in [0.2, 0.25) is 11.1 Å². The molecule has 1 aliphatic carbocycles. The number of ether oxygens (including phenoxy) is 1. The average Bonchev–Trinajstić information content (AvgIpc) is 3.19. The summed E-state index contributed by atoms with van der Waals surface area (Å²) in [4.78, 5) is 12.7. The zero-order valence-corrected chi connectivity index (χ0v) is 19.1. The Morgan fingerprint density at radius 2 is 1.84 bits per heavy atom. The maximum absolute atomic E-state index is 12.7. The highest BCUT2D eigenvalue weighted by Crippen LogP contribution is 2.33. The van der Waals surface area contributed by atoms with E-state index in [-0.39, 0.29) is 11.2 Å². The van der Waals surface area contributed by atoms with E-state index in [0.29, 0.717) is 23.4 Å². The number of carbonyl (C=O) groups excluding carboxylic acids is 1. The zero-order chi connectivity index (χ0) is 22.3. The molecular weight excluding hydrogens is 422 g/mol. The van der Waals surface area contributed by atoms with Crippen molar-refractivity contribution in [2.24, 2.45) is 0 Å². The van der Waals surface area contributed by atoms with Gasteiger partial charge in [-0.3, -0.25) is 4.79 Å². The molecule has 0 bridgehead atoms. The van der Waals surface area contributed by atoms with Crippen molar-refractivity contribution < 1.29 is 9.53 Å². The van der Waals surface area contributed by atoms with Gasteiger partial charge in [0, 0.05) is 11.6 Å². The van der Waals surface area contributed by atoms with Gasteiger partial charge in [0.25, 0.3) is 0 Å². The predicted molar refractivity (Wildman–Crippen MR) is 127 cm³/mol. The van der Waals surface area contributed by atoms with Crippen molar-refractivity contribution in [3.63, 3.8) is 0 Å². The van der Waals surface area contributed by atoms with E-state index in [1.54, 1.807) is 4.68 Å². The number of benzene rings is 2. The minimum atomic E-state index is -0.366. The van der Waals surface area contributed by atoms with Crippen molar-refractivity contribution in [3.05, 3.63) is 66.0 Å². The quantitative estimate of drug-likeness (QED) is 0.379. The monoisotopic (exact) mass is 451 g/mol. The maximum atomic E-state index is 12.7. The first-order chi connectivity index (χ1) is 15.6.